The van der Waals surface area contributed by atoms with Gasteiger partial charge in [-0.3, -0.25) is 13.8 Å². The first-order valence-electron chi connectivity index (χ1n) is 9.88. The minimum absolute atomic E-state index is 0.0166. The number of amides is 1. The summed E-state index contributed by atoms with van der Waals surface area (Å²) in [5.41, 5.74) is 0. The van der Waals surface area contributed by atoms with Crippen LogP contribution in [-0.2, 0) is 36.8 Å². The Labute approximate surface area is 193 Å². The molecule has 5 unspecified atom stereocenters. The average molecular weight is 532 g/mol. The fraction of sp³-hybridized carbons (Fsp3) is 0.688. The number of hydrogen-bond donors (Lipinski definition) is 7. The summed E-state index contributed by atoms with van der Waals surface area (Å²) >= 11 is 0. The van der Waals surface area contributed by atoms with Gasteiger partial charge >= 0.3 is 15.6 Å². The van der Waals surface area contributed by atoms with E-state index in [4.69, 9.17) is 9.47 Å². The summed E-state index contributed by atoms with van der Waals surface area (Å²) in [6.45, 7) is 4.20. The number of carbonyl (C=O) groups is 1. The van der Waals surface area contributed by atoms with Gasteiger partial charge in [-0.2, -0.15) is 4.31 Å². The molecule has 3 rings (SSSR count). The third kappa shape index (κ3) is 6.50. The van der Waals surface area contributed by atoms with Crippen LogP contribution in [-0.4, -0.2) is 96.8 Å². The number of hydrogen-bond acceptors (Lipinski definition) is 13. The van der Waals surface area contributed by atoms with Gasteiger partial charge in [-0.1, -0.05) is 6.58 Å². The van der Waals surface area contributed by atoms with Crippen LogP contribution in [0.15, 0.2) is 24.7 Å². The number of aliphatic hydroxyl groups excluding tert-OH is 4. The molecule has 0 aromatic heterocycles. The number of nitrogens with one attached hydrogen (secondary N) is 1. The van der Waals surface area contributed by atoms with Gasteiger partial charge in [0.15, 0.2) is 12.5 Å². The van der Waals surface area contributed by atoms with E-state index in [9.17, 15) is 44.1 Å². The zero-order valence-corrected chi connectivity index (χ0v) is 19.5. The first kappa shape index (κ1) is 27.4. The van der Waals surface area contributed by atoms with Gasteiger partial charge < -0.3 is 49.9 Å². The largest absolute Gasteiger partial charge is 0.483 e. The van der Waals surface area contributed by atoms with Gasteiger partial charge in [0.2, 0.25) is 0 Å². The SMILES string of the molecule is C=C1NC(=O)C=CN1[C@@H]1O[C@H](COP(=O)(O)OP(=O)(O)O[C@H]2OC(C)C[C@H](O)C2O)C(O)[C@@H]1O. The molecule has 7 N–H and O–H groups in total. The monoisotopic (exact) mass is 532 g/mol. The van der Waals surface area contributed by atoms with Crippen LogP contribution in [0, 0.1) is 0 Å². The van der Waals surface area contributed by atoms with E-state index in [1.165, 1.54) is 18.0 Å². The van der Waals surface area contributed by atoms with Crippen LogP contribution in [0.5, 0.6) is 0 Å². The Kier molecular flexibility index (Phi) is 8.37. The van der Waals surface area contributed by atoms with E-state index >= 15 is 0 Å². The van der Waals surface area contributed by atoms with Crippen LogP contribution in [0.4, 0.5) is 0 Å². The van der Waals surface area contributed by atoms with Crippen LogP contribution in [0.3, 0.4) is 0 Å². The van der Waals surface area contributed by atoms with Crippen LogP contribution >= 0.6 is 15.6 Å². The molecule has 10 atom stereocenters. The highest BCUT2D eigenvalue weighted by Gasteiger charge is 2.48. The summed E-state index contributed by atoms with van der Waals surface area (Å²) in [5, 5.41) is 42.3. The minimum atomic E-state index is -5.37. The van der Waals surface area contributed by atoms with Crippen LogP contribution in [0.25, 0.3) is 0 Å². The van der Waals surface area contributed by atoms with Crippen molar-refractivity contribution in [1.82, 2.24) is 10.2 Å². The van der Waals surface area contributed by atoms with E-state index < -0.39 is 77.3 Å². The molecule has 0 saturated carbocycles. The summed E-state index contributed by atoms with van der Waals surface area (Å²) in [7, 11) is -10.7. The van der Waals surface area contributed by atoms with Gasteiger partial charge in [0.05, 0.1) is 18.8 Å². The summed E-state index contributed by atoms with van der Waals surface area (Å²) in [5.74, 6) is -0.440. The zero-order chi connectivity index (χ0) is 25.4. The topological polar surface area (TPSA) is 234 Å². The third-order valence-electron chi connectivity index (χ3n) is 5.04. The Morgan fingerprint density at radius 1 is 1.15 bits per heavy atom. The number of phosphoric acid groups is 2. The molecule has 0 radical (unpaired) electrons. The second-order valence-corrected chi connectivity index (χ2v) is 10.7. The number of phosphoric ester groups is 2. The molecule has 0 spiro atoms. The Hall–Kier alpha value is -1.23. The van der Waals surface area contributed by atoms with Gasteiger partial charge in [0, 0.05) is 18.7 Å². The van der Waals surface area contributed by atoms with Crippen LogP contribution < -0.4 is 5.32 Å². The first-order valence-corrected chi connectivity index (χ1v) is 12.9. The Morgan fingerprint density at radius 3 is 2.47 bits per heavy atom. The Balaban J connectivity index is 1.57. The predicted octanol–water partition coefficient (Wildman–Crippen LogP) is -2.04. The van der Waals surface area contributed by atoms with Gasteiger partial charge in [-0.25, -0.2) is 9.13 Å². The number of rotatable bonds is 8. The lowest BCUT2D eigenvalue weighted by Crippen LogP contribution is -2.48. The molecule has 3 aliphatic heterocycles. The van der Waals surface area contributed by atoms with Crippen LogP contribution in [0.1, 0.15) is 13.3 Å². The maximum absolute atomic E-state index is 12.2. The van der Waals surface area contributed by atoms with Crippen molar-refractivity contribution >= 4 is 21.6 Å². The highest BCUT2D eigenvalue weighted by Crippen LogP contribution is 2.61. The van der Waals surface area contributed by atoms with E-state index in [0.717, 1.165) is 6.08 Å². The van der Waals surface area contributed by atoms with Gasteiger partial charge in [-0.05, 0) is 6.92 Å². The second kappa shape index (κ2) is 10.4. The number of aliphatic hydroxyl groups is 4. The zero-order valence-electron chi connectivity index (χ0n) is 17.7. The number of nitrogens with zero attached hydrogens (tertiary/aromatic N) is 1. The molecule has 3 heterocycles. The normalized spacial score (nSPS) is 40.0. The predicted molar refractivity (Wildman–Crippen MR) is 108 cm³/mol. The quantitative estimate of drug-likeness (QED) is 0.167. The fourth-order valence-electron chi connectivity index (χ4n) is 3.41. The molecule has 2 fully saturated rings. The smallest absolute Gasteiger partial charge is 0.390 e. The Bertz CT molecular complexity index is 916. The molecular weight excluding hydrogens is 506 g/mol. The van der Waals surface area contributed by atoms with Crippen molar-refractivity contribution in [3.05, 3.63) is 24.7 Å². The summed E-state index contributed by atoms with van der Waals surface area (Å²) < 4.78 is 48.1. The van der Waals surface area contributed by atoms with Crippen molar-refractivity contribution in [3.63, 3.8) is 0 Å². The van der Waals surface area contributed by atoms with Gasteiger partial charge in [-0.15, -0.1) is 0 Å². The summed E-state index contributed by atoms with van der Waals surface area (Å²) in [6, 6.07) is 0. The Morgan fingerprint density at radius 2 is 1.82 bits per heavy atom. The minimum Gasteiger partial charge on any atom is -0.390 e. The molecule has 1 amide bonds. The van der Waals surface area contributed by atoms with Gasteiger partial charge in [0.1, 0.15) is 30.2 Å². The van der Waals surface area contributed by atoms with Crippen molar-refractivity contribution in [2.24, 2.45) is 0 Å². The molecule has 2 saturated heterocycles. The van der Waals surface area contributed by atoms with E-state index in [-0.39, 0.29) is 12.2 Å². The van der Waals surface area contributed by atoms with E-state index in [1.807, 2.05) is 0 Å². The summed E-state index contributed by atoms with van der Waals surface area (Å²) in [6.07, 6.45) is -9.05. The molecular formula is C16H26N2O14P2. The first-order chi connectivity index (χ1) is 15.7. The molecule has 194 valence electrons. The molecule has 18 heteroatoms. The highest BCUT2D eigenvalue weighted by atomic mass is 31.3. The highest BCUT2D eigenvalue weighted by molar-refractivity contribution is 7.61. The molecule has 3 aliphatic rings. The molecule has 0 aliphatic carbocycles. The van der Waals surface area contributed by atoms with Crippen LogP contribution in [0.2, 0.25) is 0 Å². The van der Waals surface area contributed by atoms with Crippen molar-refractivity contribution < 1.29 is 67.0 Å². The van der Waals surface area contributed by atoms with E-state index in [2.05, 4.69) is 25.3 Å². The maximum atomic E-state index is 12.2. The summed E-state index contributed by atoms with van der Waals surface area (Å²) in [4.78, 5) is 32.1. The lowest BCUT2D eigenvalue weighted by molar-refractivity contribution is -0.235. The van der Waals surface area contributed by atoms with Crippen molar-refractivity contribution in [3.8, 4) is 0 Å². The molecule has 0 aromatic rings. The molecule has 0 aromatic carbocycles. The van der Waals surface area contributed by atoms with Crippen molar-refractivity contribution in [2.45, 2.75) is 62.5 Å². The van der Waals surface area contributed by atoms with E-state index in [1.54, 1.807) is 0 Å². The molecule has 34 heavy (non-hydrogen) atoms. The standard InChI is InChI=1S/C16H26N2O14P2/c1-7-5-9(19)12(21)16(29-7)31-34(26,27)32-33(24,25)28-6-10-13(22)14(23)15(30-10)18-4-3-11(20)17-8(18)2/h3-4,7,9-10,12-16,19,21-23H,2,5-6H2,1H3,(H,17,20)(H,24,25)(H,26,27)/t7?,9-,10+,12?,13?,14-,15+,16+/m0/s1. The molecule has 0 bridgehead atoms. The lowest BCUT2D eigenvalue weighted by atomic mass is 10.0. The average Bonchev–Trinajstić information content (AvgIpc) is 2.97. The number of carbonyl (C=O) groups excluding carboxylic acids is 1. The lowest BCUT2D eigenvalue weighted by Gasteiger charge is -2.35. The second-order valence-electron chi connectivity index (χ2n) is 7.73. The molecule has 16 nitrogen and oxygen atoms in total. The van der Waals surface area contributed by atoms with Crippen molar-refractivity contribution in [1.29, 1.82) is 0 Å². The third-order valence-corrected chi connectivity index (χ3v) is 7.64. The maximum Gasteiger partial charge on any atom is 0.483 e. The number of ether oxygens (including phenoxy) is 2. The van der Waals surface area contributed by atoms with E-state index in [0.29, 0.717) is 0 Å². The van der Waals surface area contributed by atoms with Crippen molar-refractivity contribution in [2.75, 3.05) is 6.61 Å². The van der Waals surface area contributed by atoms with Gasteiger partial charge in [0.25, 0.3) is 5.91 Å². The fourth-order valence-corrected chi connectivity index (χ4v) is 5.56.